The maximum Gasteiger partial charge on any atom is 0.331 e. The van der Waals surface area contributed by atoms with Gasteiger partial charge in [0.25, 0.3) is 0 Å². The van der Waals surface area contributed by atoms with Crippen molar-refractivity contribution in [3.8, 4) is 0 Å². The van der Waals surface area contributed by atoms with Crippen molar-refractivity contribution in [1.82, 2.24) is 20.2 Å². The third kappa shape index (κ3) is 1.32. The highest BCUT2D eigenvalue weighted by molar-refractivity contribution is 5.77. The Bertz CT molecular complexity index is 420. The van der Waals surface area contributed by atoms with E-state index in [1.54, 1.807) is 4.68 Å². The number of hydrogen-bond acceptors (Lipinski definition) is 4. The second-order valence-electron chi connectivity index (χ2n) is 4.84. The van der Waals surface area contributed by atoms with E-state index in [0.717, 1.165) is 18.7 Å². The topological polar surface area (TPSA) is 80.9 Å². The molecule has 6 nitrogen and oxygen atoms in total. The van der Waals surface area contributed by atoms with Crippen molar-refractivity contribution in [3.63, 3.8) is 0 Å². The molecule has 0 aliphatic heterocycles. The molecule has 1 aromatic rings. The van der Waals surface area contributed by atoms with Crippen molar-refractivity contribution in [3.05, 3.63) is 5.82 Å². The van der Waals surface area contributed by atoms with Gasteiger partial charge >= 0.3 is 5.97 Å². The lowest BCUT2D eigenvalue weighted by Crippen LogP contribution is -2.49. The lowest BCUT2D eigenvalue weighted by molar-refractivity contribution is -0.153. The van der Waals surface area contributed by atoms with Gasteiger partial charge in [-0.15, -0.1) is 5.10 Å². The Labute approximate surface area is 92.6 Å². The highest BCUT2D eigenvalue weighted by Gasteiger charge is 2.49. The first-order chi connectivity index (χ1) is 7.72. The first-order valence-corrected chi connectivity index (χ1v) is 5.73. The number of carbonyl (C=O) groups is 1. The van der Waals surface area contributed by atoms with E-state index in [1.807, 2.05) is 0 Å². The minimum absolute atomic E-state index is 0.644. The molecule has 86 valence electrons. The van der Waals surface area contributed by atoms with E-state index in [0.29, 0.717) is 18.8 Å². The molecule has 1 N–H and O–H groups in total. The molecule has 0 saturated heterocycles. The SMILES string of the molecule is O=C(O)C1(n2nnnc2CC2CC2)CCC1. The molecule has 16 heavy (non-hydrogen) atoms. The molecule has 2 aliphatic rings. The molecular weight excluding hydrogens is 208 g/mol. The van der Waals surface area contributed by atoms with Crippen molar-refractivity contribution in [2.45, 2.75) is 44.1 Å². The van der Waals surface area contributed by atoms with Gasteiger partial charge in [0, 0.05) is 6.42 Å². The fourth-order valence-corrected chi connectivity index (χ4v) is 2.27. The molecule has 1 heterocycles. The van der Waals surface area contributed by atoms with Gasteiger partial charge in [-0.3, -0.25) is 0 Å². The van der Waals surface area contributed by atoms with Crippen LogP contribution in [0.4, 0.5) is 0 Å². The van der Waals surface area contributed by atoms with Crippen LogP contribution in [0, 0.1) is 5.92 Å². The first-order valence-electron chi connectivity index (χ1n) is 5.73. The summed E-state index contributed by atoms with van der Waals surface area (Å²) in [5.74, 6) is 0.600. The highest BCUT2D eigenvalue weighted by Crippen LogP contribution is 2.40. The Hall–Kier alpha value is -1.46. The summed E-state index contributed by atoms with van der Waals surface area (Å²) in [6.07, 6.45) is 5.48. The van der Waals surface area contributed by atoms with Crippen molar-refractivity contribution >= 4 is 5.97 Å². The molecule has 2 saturated carbocycles. The maximum absolute atomic E-state index is 11.3. The van der Waals surface area contributed by atoms with E-state index in [1.165, 1.54) is 12.8 Å². The summed E-state index contributed by atoms with van der Waals surface area (Å²) in [6, 6.07) is 0. The molecule has 0 bridgehead atoms. The number of aliphatic carboxylic acids is 1. The van der Waals surface area contributed by atoms with Gasteiger partial charge in [-0.2, -0.15) is 0 Å². The summed E-state index contributed by atoms with van der Waals surface area (Å²) in [4.78, 5) is 11.3. The van der Waals surface area contributed by atoms with Crippen LogP contribution in [-0.2, 0) is 16.8 Å². The lowest BCUT2D eigenvalue weighted by atomic mass is 9.77. The minimum Gasteiger partial charge on any atom is -0.479 e. The molecule has 0 atom stereocenters. The zero-order valence-corrected chi connectivity index (χ0v) is 8.96. The van der Waals surface area contributed by atoms with Gasteiger partial charge in [-0.05, 0) is 48.4 Å². The quantitative estimate of drug-likeness (QED) is 0.806. The smallest absolute Gasteiger partial charge is 0.331 e. The van der Waals surface area contributed by atoms with Gasteiger partial charge < -0.3 is 5.11 Å². The van der Waals surface area contributed by atoms with E-state index < -0.39 is 11.5 Å². The van der Waals surface area contributed by atoms with Crippen LogP contribution in [0.3, 0.4) is 0 Å². The van der Waals surface area contributed by atoms with Crippen molar-refractivity contribution in [2.24, 2.45) is 5.92 Å². The summed E-state index contributed by atoms with van der Waals surface area (Å²) in [5.41, 5.74) is -0.853. The molecule has 2 fully saturated rings. The van der Waals surface area contributed by atoms with Crippen molar-refractivity contribution in [1.29, 1.82) is 0 Å². The van der Waals surface area contributed by atoms with Crippen molar-refractivity contribution in [2.75, 3.05) is 0 Å². The normalized spacial score (nSPS) is 22.8. The average molecular weight is 222 g/mol. The zero-order valence-electron chi connectivity index (χ0n) is 8.96. The van der Waals surface area contributed by atoms with Crippen LogP contribution >= 0.6 is 0 Å². The van der Waals surface area contributed by atoms with E-state index in [4.69, 9.17) is 0 Å². The van der Waals surface area contributed by atoms with Crippen LogP contribution in [0.2, 0.25) is 0 Å². The Morgan fingerprint density at radius 3 is 2.75 bits per heavy atom. The van der Waals surface area contributed by atoms with Crippen molar-refractivity contribution < 1.29 is 9.90 Å². The van der Waals surface area contributed by atoms with Gasteiger partial charge in [0.05, 0.1) is 0 Å². The Kier molecular flexibility index (Phi) is 1.99. The molecule has 0 aromatic carbocycles. The first kappa shape index (κ1) is 9.74. The number of tetrazole rings is 1. The number of rotatable bonds is 4. The lowest BCUT2D eigenvalue weighted by Gasteiger charge is -2.37. The summed E-state index contributed by atoms with van der Waals surface area (Å²) in [7, 11) is 0. The number of aromatic nitrogens is 4. The van der Waals surface area contributed by atoms with E-state index >= 15 is 0 Å². The van der Waals surface area contributed by atoms with Gasteiger partial charge in [0.15, 0.2) is 11.4 Å². The number of nitrogens with zero attached hydrogens (tertiary/aromatic N) is 4. The molecule has 1 aromatic heterocycles. The monoisotopic (exact) mass is 222 g/mol. The van der Waals surface area contributed by atoms with Crippen LogP contribution in [-0.4, -0.2) is 31.3 Å². The predicted molar refractivity (Wildman–Crippen MR) is 53.7 cm³/mol. The summed E-state index contributed by atoms with van der Waals surface area (Å²) < 4.78 is 1.55. The Morgan fingerprint density at radius 1 is 1.50 bits per heavy atom. The van der Waals surface area contributed by atoms with Gasteiger partial charge in [-0.1, -0.05) is 0 Å². The van der Waals surface area contributed by atoms with Crippen LogP contribution < -0.4 is 0 Å². The second-order valence-corrected chi connectivity index (χ2v) is 4.84. The fourth-order valence-electron chi connectivity index (χ4n) is 2.27. The Morgan fingerprint density at radius 2 is 2.25 bits per heavy atom. The van der Waals surface area contributed by atoms with Gasteiger partial charge in [0.1, 0.15) is 0 Å². The third-order valence-corrected chi connectivity index (χ3v) is 3.69. The average Bonchev–Trinajstić information content (AvgIpc) is 2.85. The maximum atomic E-state index is 11.3. The number of hydrogen-bond donors (Lipinski definition) is 1. The zero-order chi connectivity index (χ0) is 11.2. The highest BCUT2D eigenvalue weighted by atomic mass is 16.4. The molecule has 3 rings (SSSR count). The Balaban J connectivity index is 1.91. The van der Waals surface area contributed by atoms with Gasteiger partial charge in [0.2, 0.25) is 0 Å². The third-order valence-electron chi connectivity index (χ3n) is 3.69. The van der Waals surface area contributed by atoms with E-state index in [2.05, 4.69) is 15.5 Å². The summed E-state index contributed by atoms with van der Waals surface area (Å²) in [5, 5.41) is 20.8. The molecule has 6 heteroatoms. The molecule has 0 amide bonds. The fraction of sp³-hybridized carbons (Fsp3) is 0.800. The van der Waals surface area contributed by atoms with Crippen LogP contribution in [0.25, 0.3) is 0 Å². The number of carboxylic acids is 1. The largest absolute Gasteiger partial charge is 0.479 e. The predicted octanol–water partition coefficient (Wildman–Crippen LogP) is 0.589. The summed E-state index contributed by atoms with van der Waals surface area (Å²) >= 11 is 0. The van der Waals surface area contributed by atoms with E-state index in [9.17, 15) is 9.90 Å². The molecular formula is C10H14N4O2. The van der Waals surface area contributed by atoms with Crippen LogP contribution in [0.5, 0.6) is 0 Å². The minimum atomic E-state index is -0.853. The molecule has 0 unspecified atom stereocenters. The molecule has 0 radical (unpaired) electrons. The second kappa shape index (κ2) is 3.26. The number of carboxylic acid groups (broad SMARTS) is 1. The molecule has 0 spiro atoms. The molecule has 2 aliphatic carbocycles. The van der Waals surface area contributed by atoms with E-state index in [-0.39, 0.29) is 0 Å². The van der Waals surface area contributed by atoms with Crippen LogP contribution in [0.15, 0.2) is 0 Å². The standard InChI is InChI=1S/C10H14N4O2/c15-9(16)10(4-1-5-10)14-8(11-12-13-14)6-7-2-3-7/h7H,1-6H2,(H,15,16). The summed E-state index contributed by atoms with van der Waals surface area (Å²) in [6.45, 7) is 0. The van der Waals surface area contributed by atoms with Crippen LogP contribution in [0.1, 0.15) is 37.9 Å². The van der Waals surface area contributed by atoms with Gasteiger partial charge in [-0.25, -0.2) is 9.48 Å².